The Bertz CT molecular complexity index is 402. The molecule has 0 heterocycles. The lowest BCUT2D eigenvalue weighted by Gasteiger charge is -2.20. The van der Waals surface area contributed by atoms with Crippen molar-refractivity contribution in [3.05, 3.63) is 40.5 Å². The van der Waals surface area contributed by atoms with Gasteiger partial charge in [0.05, 0.1) is 0 Å². The van der Waals surface area contributed by atoms with Crippen molar-refractivity contribution in [1.82, 2.24) is 0 Å². The molecule has 0 spiro atoms. The number of halogens is 1. The SMILES string of the molecule is Cc1cc2c(c(C(C)C)c1)CC(F)C=C2. The van der Waals surface area contributed by atoms with Crippen LogP contribution in [-0.2, 0) is 6.42 Å². The third-order valence-corrected chi connectivity index (χ3v) is 2.97. The first-order valence-electron chi connectivity index (χ1n) is 5.53. The van der Waals surface area contributed by atoms with E-state index in [9.17, 15) is 4.39 Å². The molecule has 0 nitrogen and oxygen atoms in total. The minimum Gasteiger partial charge on any atom is -0.243 e. The lowest BCUT2D eigenvalue weighted by Crippen LogP contribution is -2.11. The Labute approximate surface area is 90.8 Å². The number of hydrogen-bond acceptors (Lipinski definition) is 0. The fourth-order valence-electron chi connectivity index (χ4n) is 2.24. The number of allylic oxidation sites excluding steroid dienone is 1. The molecular formula is C14H17F. The number of alkyl halides is 1. The standard InChI is InChI=1S/C14H17F/c1-9(2)13-7-10(3)6-11-4-5-12(15)8-14(11)13/h4-7,9,12H,8H2,1-3H3. The van der Waals surface area contributed by atoms with Gasteiger partial charge in [-0.15, -0.1) is 0 Å². The van der Waals surface area contributed by atoms with Crippen molar-refractivity contribution in [2.45, 2.75) is 39.3 Å². The van der Waals surface area contributed by atoms with E-state index in [1.54, 1.807) is 6.08 Å². The van der Waals surface area contributed by atoms with E-state index in [-0.39, 0.29) is 0 Å². The van der Waals surface area contributed by atoms with Crippen LogP contribution in [0.4, 0.5) is 4.39 Å². The minimum absolute atomic E-state index is 0.470. The maximum Gasteiger partial charge on any atom is 0.123 e. The lowest BCUT2D eigenvalue weighted by atomic mass is 9.86. The van der Waals surface area contributed by atoms with Crippen LogP contribution in [0.25, 0.3) is 6.08 Å². The molecule has 0 amide bonds. The second-order valence-electron chi connectivity index (χ2n) is 4.66. The Morgan fingerprint density at radius 1 is 1.33 bits per heavy atom. The summed E-state index contributed by atoms with van der Waals surface area (Å²) in [4.78, 5) is 0. The smallest absolute Gasteiger partial charge is 0.123 e. The largest absolute Gasteiger partial charge is 0.243 e. The molecule has 0 radical (unpaired) electrons. The fourth-order valence-corrected chi connectivity index (χ4v) is 2.24. The first kappa shape index (κ1) is 10.4. The van der Waals surface area contributed by atoms with Crippen LogP contribution in [0.3, 0.4) is 0 Å². The summed E-state index contributed by atoms with van der Waals surface area (Å²) in [6.07, 6.45) is 3.31. The van der Waals surface area contributed by atoms with Crippen LogP contribution >= 0.6 is 0 Å². The molecule has 0 aromatic heterocycles. The Hall–Kier alpha value is -1.11. The molecule has 0 fully saturated rings. The van der Waals surface area contributed by atoms with Gasteiger partial charge in [0.25, 0.3) is 0 Å². The number of hydrogen-bond donors (Lipinski definition) is 0. The fraction of sp³-hybridized carbons (Fsp3) is 0.429. The molecule has 1 aromatic carbocycles. The first-order valence-corrected chi connectivity index (χ1v) is 5.53. The van der Waals surface area contributed by atoms with Gasteiger partial charge in [0, 0.05) is 6.42 Å². The highest BCUT2D eigenvalue weighted by atomic mass is 19.1. The lowest BCUT2D eigenvalue weighted by molar-refractivity contribution is 0.396. The Balaban J connectivity index is 2.57. The summed E-state index contributed by atoms with van der Waals surface area (Å²) in [5.41, 5.74) is 4.97. The summed E-state index contributed by atoms with van der Waals surface area (Å²) in [6.45, 7) is 6.43. The highest BCUT2D eigenvalue weighted by Crippen LogP contribution is 2.30. The van der Waals surface area contributed by atoms with Gasteiger partial charge in [-0.1, -0.05) is 37.6 Å². The molecule has 0 N–H and O–H groups in total. The van der Waals surface area contributed by atoms with Crippen LogP contribution in [0.1, 0.15) is 42.0 Å². The number of fused-ring (bicyclic) bond motifs is 1. The maximum absolute atomic E-state index is 13.3. The van der Waals surface area contributed by atoms with Gasteiger partial charge in [-0.3, -0.25) is 0 Å². The average molecular weight is 204 g/mol. The molecule has 80 valence electrons. The summed E-state index contributed by atoms with van der Waals surface area (Å²) in [5.74, 6) is 0.470. The number of rotatable bonds is 1. The van der Waals surface area contributed by atoms with E-state index in [0.717, 1.165) is 0 Å². The monoisotopic (exact) mass is 204 g/mol. The van der Waals surface area contributed by atoms with E-state index in [1.807, 2.05) is 6.08 Å². The van der Waals surface area contributed by atoms with E-state index in [4.69, 9.17) is 0 Å². The Morgan fingerprint density at radius 2 is 2.07 bits per heavy atom. The summed E-state index contributed by atoms with van der Waals surface area (Å²) < 4.78 is 13.3. The van der Waals surface area contributed by atoms with Crippen LogP contribution in [0.15, 0.2) is 18.2 Å². The van der Waals surface area contributed by atoms with Gasteiger partial charge < -0.3 is 0 Å². The third-order valence-electron chi connectivity index (χ3n) is 2.97. The van der Waals surface area contributed by atoms with Gasteiger partial charge in [-0.25, -0.2) is 4.39 Å². The van der Waals surface area contributed by atoms with Gasteiger partial charge in [0.1, 0.15) is 6.17 Å². The van der Waals surface area contributed by atoms with Crippen molar-refractivity contribution < 1.29 is 4.39 Å². The van der Waals surface area contributed by atoms with Crippen molar-refractivity contribution in [3.8, 4) is 0 Å². The van der Waals surface area contributed by atoms with Crippen LogP contribution < -0.4 is 0 Å². The number of aryl methyl sites for hydroxylation is 1. The Kier molecular flexibility index (Phi) is 2.64. The second kappa shape index (κ2) is 3.80. The highest BCUT2D eigenvalue weighted by Gasteiger charge is 2.17. The molecule has 1 heteroatoms. The van der Waals surface area contributed by atoms with Gasteiger partial charge in [0.2, 0.25) is 0 Å². The van der Waals surface area contributed by atoms with Crippen LogP contribution in [0.5, 0.6) is 0 Å². The van der Waals surface area contributed by atoms with Gasteiger partial charge in [-0.2, -0.15) is 0 Å². The zero-order valence-corrected chi connectivity index (χ0v) is 9.55. The van der Waals surface area contributed by atoms with Gasteiger partial charge >= 0.3 is 0 Å². The molecule has 0 aliphatic heterocycles. The van der Waals surface area contributed by atoms with E-state index < -0.39 is 6.17 Å². The highest BCUT2D eigenvalue weighted by molar-refractivity contribution is 5.61. The van der Waals surface area contributed by atoms with Crippen LogP contribution in [0, 0.1) is 6.92 Å². The minimum atomic E-state index is -0.808. The van der Waals surface area contributed by atoms with Crippen molar-refractivity contribution >= 4 is 6.08 Å². The molecule has 1 aliphatic rings. The van der Waals surface area contributed by atoms with E-state index >= 15 is 0 Å². The van der Waals surface area contributed by atoms with Crippen molar-refractivity contribution in [1.29, 1.82) is 0 Å². The molecule has 1 atom stereocenters. The summed E-state index contributed by atoms with van der Waals surface area (Å²) in [6, 6.07) is 4.33. The first-order chi connectivity index (χ1) is 7.08. The van der Waals surface area contributed by atoms with Gasteiger partial charge in [0.15, 0.2) is 0 Å². The van der Waals surface area contributed by atoms with Gasteiger partial charge in [-0.05, 0) is 35.6 Å². The van der Waals surface area contributed by atoms with Crippen molar-refractivity contribution in [3.63, 3.8) is 0 Å². The molecule has 2 rings (SSSR count). The zero-order valence-electron chi connectivity index (χ0n) is 9.55. The van der Waals surface area contributed by atoms with E-state index in [0.29, 0.717) is 12.3 Å². The predicted octanol–water partition coefficient (Wildman–Crippen LogP) is 4.03. The summed E-state index contributed by atoms with van der Waals surface area (Å²) in [5, 5.41) is 0. The van der Waals surface area contributed by atoms with Crippen LogP contribution in [-0.4, -0.2) is 6.17 Å². The summed E-state index contributed by atoms with van der Waals surface area (Å²) >= 11 is 0. The van der Waals surface area contributed by atoms with Crippen molar-refractivity contribution in [2.75, 3.05) is 0 Å². The Morgan fingerprint density at radius 3 is 2.73 bits per heavy atom. The summed E-state index contributed by atoms with van der Waals surface area (Å²) in [7, 11) is 0. The van der Waals surface area contributed by atoms with E-state index in [2.05, 4.69) is 32.9 Å². The number of benzene rings is 1. The maximum atomic E-state index is 13.3. The molecule has 1 unspecified atom stereocenters. The van der Waals surface area contributed by atoms with Crippen LogP contribution in [0.2, 0.25) is 0 Å². The zero-order chi connectivity index (χ0) is 11.0. The molecule has 1 aromatic rings. The molecular weight excluding hydrogens is 187 g/mol. The normalized spacial score (nSPS) is 19.4. The second-order valence-corrected chi connectivity index (χ2v) is 4.66. The molecule has 15 heavy (non-hydrogen) atoms. The average Bonchev–Trinajstić information content (AvgIpc) is 2.17. The molecule has 0 bridgehead atoms. The molecule has 0 saturated carbocycles. The molecule has 1 aliphatic carbocycles. The topological polar surface area (TPSA) is 0 Å². The van der Waals surface area contributed by atoms with E-state index in [1.165, 1.54) is 22.3 Å². The third kappa shape index (κ3) is 1.97. The quantitative estimate of drug-likeness (QED) is 0.648. The van der Waals surface area contributed by atoms with Crippen molar-refractivity contribution in [2.24, 2.45) is 0 Å². The predicted molar refractivity (Wildman–Crippen MR) is 62.9 cm³/mol. The molecule has 0 saturated heterocycles.